The van der Waals surface area contributed by atoms with Gasteiger partial charge in [0.25, 0.3) is 5.56 Å². The highest BCUT2D eigenvalue weighted by Gasteiger charge is 2.27. The van der Waals surface area contributed by atoms with Crippen LogP contribution in [0.4, 0.5) is 5.95 Å². The Balaban J connectivity index is 1.71. The van der Waals surface area contributed by atoms with Gasteiger partial charge in [0.15, 0.2) is 0 Å². The van der Waals surface area contributed by atoms with E-state index in [1.807, 2.05) is 0 Å². The van der Waals surface area contributed by atoms with E-state index in [4.69, 9.17) is 26.8 Å². The molecule has 178 valence electrons. The second-order valence-corrected chi connectivity index (χ2v) is 8.26. The number of anilines is 1. The Kier molecular flexibility index (Phi) is 6.71. The highest BCUT2D eigenvalue weighted by molar-refractivity contribution is 6.35. The second kappa shape index (κ2) is 9.70. The summed E-state index contributed by atoms with van der Waals surface area (Å²) in [4.78, 5) is 35.6. The average molecular weight is 485 g/mol. The highest BCUT2D eigenvalue weighted by Crippen LogP contribution is 2.38. The molecule has 3 N–H and O–H groups in total. The first-order valence-corrected chi connectivity index (χ1v) is 11.0. The number of nitrogen functional groups attached to an aromatic ring is 1. The summed E-state index contributed by atoms with van der Waals surface area (Å²) in [6.45, 7) is 5.77. The third kappa shape index (κ3) is 4.55. The molecule has 1 aliphatic rings. The summed E-state index contributed by atoms with van der Waals surface area (Å²) in [6, 6.07) is 5.10. The molecule has 4 rings (SSSR count). The number of benzene rings is 1. The van der Waals surface area contributed by atoms with Crippen LogP contribution in [0, 0.1) is 0 Å². The third-order valence-corrected chi connectivity index (χ3v) is 6.12. The highest BCUT2D eigenvalue weighted by atomic mass is 35.5. The Labute approximate surface area is 200 Å². The topological polar surface area (TPSA) is 125 Å². The molecule has 3 heterocycles. The number of aromatic nitrogens is 3. The van der Waals surface area contributed by atoms with Gasteiger partial charge >= 0.3 is 0 Å². The molecule has 1 amide bonds. The predicted molar refractivity (Wildman–Crippen MR) is 130 cm³/mol. The number of halogens is 1. The lowest BCUT2D eigenvalue weighted by atomic mass is 10.0. The van der Waals surface area contributed by atoms with Gasteiger partial charge in [-0.15, -0.1) is 0 Å². The van der Waals surface area contributed by atoms with Crippen molar-refractivity contribution in [2.45, 2.75) is 12.6 Å². The van der Waals surface area contributed by atoms with Gasteiger partial charge in [-0.05, 0) is 18.2 Å². The van der Waals surface area contributed by atoms with Crippen LogP contribution in [-0.4, -0.2) is 65.2 Å². The summed E-state index contributed by atoms with van der Waals surface area (Å²) >= 11 is 6.57. The molecule has 1 aromatic carbocycles. The Hall–Kier alpha value is -3.63. The molecule has 0 spiro atoms. The molecule has 0 bridgehead atoms. The van der Waals surface area contributed by atoms with Crippen molar-refractivity contribution in [1.82, 2.24) is 24.8 Å². The number of nitrogens with zero attached hydrogens (tertiary/aromatic N) is 4. The number of fused-ring (bicyclic) bond motifs is 1. The van der Waals surface area contributed by atoms with Crippen molar-refractivity contribution in [3.05, 3.63) is 52.4 Å². The van der Waals surface area contributed by atoms with Crippen LogP contribution in [0.15, 0.2) is 41.8 Å². The van der Waals surface area contributed by atoms with Crippen LogP contribution in [0.2, 0.25) is 5.02 Å². The van der Waals surface area contributed by atoms with Crippen LogP contribution < -0.4 is 26.1 Å². The van der Waals surface area contributed by atoms with Crippen LogP contribution >= 0.6 is 11.6 Å². The molecule has 0 saturated carbocycles. The van der Waals surface area contributed by atoms with Gasteiger partial charge < -0.3 is 20.5 Å². The monoisotopic (exact) mass is 484 g/mol. The number of hydrogen-bond acceptors (Lipinski definition) is 8. The molecule has 1 fully saturated rings. The first-order chi connectivity index (χ1) is 16.3. The Morgan fingerprint density at radius 1 is 1.26 bits per heavy atom. The van der Waals surface area contributed by atoms with Crippen LogP contribution in [0.25, 0.3) is 22.2 Å². The summed E-state index contributed by atoms with van der Waals surface area (Å²) in [5.74, 6) is 0.774. The standard InChI is InChI=1S/C23H25ClN6O4/c1-4-19(31)27-14-11-29(12-14)5-6-30-21-13(10-26-23(25)28-21)7-17(22(30)32)16-8-15(33-2)9-18(34-3)20(16)24/h4,7-10,14H,1,5-6,11-12H2,2-3H3,(H,27,31)(H2,25,26,28). The zero-order valence-electron chi connectivity index (χ0n) is 18.9. The van der Waals surface area contributed by atoms with E-state index in [1.165, 1.54) is 20.3 Å². The molecule has 1 saturated heterocycles. The summed E-state index contributed by atoms with van der Waals surface area (Å²) in [5, 5.41) is 3.80. The van der Waals surface area contributed by atoms with Crippen molar-refractivity contribution >= 4 is 34.5 Å². The molecule has 34 heavy (non-hydrogen) atoms. The average Bonchev–Trinajstić information content (AvgIpc) is 2.81. The van der Waals surface area contributed by atoms with Crippen LogP contribution in [0.3, 0.4) is 0 Å². The van der Waals surface area contributed by atoms with E-state index >= 15 is 0 Å². The molecule has 0 unspecified atom stereocenters. The first kappa shape index (κ1) is 23.5. The normalized spacial score (nSPS) is 14.0. The second-order valence-electron chi connectivity index (χ2n) is 7.88. The van der Waals surface area contributed by atoms with Crippen LogP contribution in [0.5, 0.6) is 11.5 Å². The molecule has 10 nitrogen and oxygen atoms in total. The van der Waals surface area contributed by atoms with Crippen molar-refractivity contribution < 1.29 is 14.3 Å². The number of hydrogen-bond donors (Lipinski definition) is 2. The summed E-state index contributed by atoms with van der Waals surface area (Å²) < 4.78 is 12.3. The molecular weight excluding hydrogens is 460 g/mol. The molecule has 2 aromatic heterocycles. The van der Waals surface area contributed by atoms with E-state index < -0.39 is 0 Å². The van der Waals surface area contributed by atoms with Crippen molar-refractivity contribution in [1.29, 1.82) is 0 Å². The molecule has 3 aromatic rings. The van der Waals surface area contributed by atoms with Crippen LogP contribution in [0.1, 0.15) is 0 Å². The van der Waals surface area contributed by atoms with E-state index in [-0.39, 0.29) is 23.5 Å². The number of nitrogens with two attached hydrogens (primary N) is 1. The maximum absolute atomic E-state index is 13.6. The minimum Gasteiger partial charge on any atom is -0.497 e. The van der Waals surface area contributed by atoms with E-state index in [2.05, 4.69) is 26.8 Å². The largest absolute Gasteiger partial charge is 0.497 e. The molecule has 11 heteroatoms. The summed E-state index contributed by atoms with van der Waals surface area (Å²) in [5.41, 5.74) is 6.81. The maximum Gasteiger partial charge on any atom is 0.260 e. The van der Waals surface area contributed by atoms with Gasteiger partial charge in [0, 0.05) is 55.0 Å². The predicted octanol–water partition coefficient (Wildman–Crippen LogP) is 1.70. The number of carbonyl (C=O) groups is 1. The van der Waals surface area contributed by atoms with Gasteiger partial charge in [0.1, 0.15) is 17.1 Å². The number of rotatable bonds is 8. The maximum atomic E-state index is 13.6. The van der Waals surface area contributed by atoms with Crippen molar-refractivity contribution in [3.63, 3.8) is 0 Å². The van der Waals surface area contributed by atoms with Crippen molar-refractivity contribution in [3.8, 4) is 22.6 Å². The number of ether oxygens (including phenoxy) is 2. The van der Waals surface area contributed by atoms with E-state index in [9.17, 15) is 9.59 Å². The van der Waals surface area contributed by atoms with Gasteiger partial charge in [-0.2, -0.15) is 4.98 Å². The Morgan fingerprint density at radius 2 is 2.03 bits per heavy atom. The summed E-state index contributed by atoms with van der Waals surface area (Å²) in [7, 11) is 3.02. The third-order valence-electron chi connectivity index (χ3n) is 5.73. The quantitative estimate of drug-likeness (QED) is 0.463. The van der Waals surface area contributed by atoms with E-state index in [1.54, 1.807) is 29.0 Å². The number of nitrogens with one attached hydrogen (secondary N) is 1. The lowest BCUT2D eigenvalue weighted by Crippen LogP contribution is -2.59. The number of amides is 1. The molecule has 0 atom stereocenters. The Morgan fingerprint density at radius 3 is 2.71 bits per heavy atom. The zero-order valence-corrected chi connectivity index (χ0v) is 19.6. The van der Waals surface area contributed by atoms with Gasteiger partial charge in [-0.25, -0.2) is 4.98 Å². The van der Waals surface area contributed by atoms with Crippen molar-refractivity contribution in [2.24, 2.45) is 0 Å². The Bertz CT molecular complexity index is 1320. The fourth-order valence-electron chi connectivity index (χ4n) is 3.95. The molecule has 0 aliphatic carbocycles. The molecule has 0 radical (unpaired) electrons. The minimum atomic E-state index is -0.278. The van der Waals surface area contributed by atoms with Gasteiger partial charge in [-0.1, -0.05) is 18.2 Å². The number of methoxy groups -OCH3 is 2. The smallest absolute Gasteiger partial charge is 0.260 e. The SMILES string of the molecule is C=CC(=O)NC1CN(CCn2c(=O)c(-c3cc(OC)cc(OC)c3Cl)cc3cnc(N)nc32)C1. The zero-order chi connectivity index (χ0) is 24.4. The fourth-order valence-corrected chi connectivity index (χ4v) is 4.24. The first-order valence-electron chi connectivity index (χ1n) is 10.6. The lowest BCUT2D eigenvalue weighted by molar-refractivity contribution is -0.118. The van der Waals surface area contributed by atoms with Gasteiger partial charge in [0.2, 0.25) is 11.9 Å². The summed E-state index contributed by atoms with van der Waals surface area (Å²) in [6.07, 6.45) is 2.83. The van der Waals surface area contributed by atoms with E-state index in [0.29, 0.717) is 64.9 Å². The van der Waals surface area contributed by atoms with E-state index in [0.717, 1.165) is 0 Å². The van der Waals surface area contributed by atoms with Crippen molar-refractivity contribution in [2.75, 3.05) is 39.6 Å². The van der Waals surface area contributed by atoms with Gasteiger partial charge in [0.05, 0.1) is 25.3 Å². The molecular formula is C23H25ClN6O4. The molecule has 1 aliphatic heterocycles. The van der Waals surface area contributed by atoms with Crippen LogP contribution in [-0.2, 0) is 11.3 Å². The lowest BCUT2D eigenvalue weighted by Gasteiger charge is -2.39. The fraction of sp³-hybridized carbons (Fsp3) is 0.304. The van der Waals surface area contributed by atoms with Gasteiger partial charge in [-0.3, -0.25) is 19.1 Å². The number of likely N-dealkylation sites (tertiary alicyclic amines) is 1. The number of pyridine rings is 1. The minimum absolute atomic E-state index is 0.0614. The number of carbonyl (C=O) groups excluding carboxylic acids is 1.